The molecule has 3 atom stereocenters. The van der Waals surface area contributed by atoms with Gasteiger partial charge in [0.25, 0.3) is 0 Å². The first-order chi connectivity index (χ1) is 9.15. The van der Waals surface area contributed by atoms with Crippen LogP contribution < -0.4 is 5.73 Å². The van der Waals surface area contributed by atoms with Crippen LogP contribution in [-0.4, -0.2) is 29.3 Å². The van der Waals surface area contributed by atoms with Crippen LogP contribution in [0.3, 0.4) is 0 Å². The second kappa shape index (κ2) is 7.33. The maximum absolute atomic E-state index is 6.47. The highest BCUT2D eigenvalue weighted by Crippen LogP contribution is 2.41. The number of ether oxygens (including phenoxy) is 1. The quantitative estimate of drug-likeness (QED) is 0.830. The van der Waals surface area contributed by atoms with Crippen LogP contribution in [0.25, 0.3) is 0 Å². The van der Waals surface area contributed by atoms with Gasteiger partial charge in [0.15, 0.2) is 0 Å². The third-order valence-electron chi connectivity index (χ3n) is 5.05. The molecule has 2 rings (SSSR count). The van der Waals surface area contributed by atoms with Crippen molar-refractivity contribution in [1.82, 2.24) is 0 Å². The molecule has 0 aromatic carbocycles. The zero-order chi connectivity index (χ0) is 13.7. The Morgan fingerprint density at radius 3 is 2.74 bits per heavy atom. The van der Waals surface area contributed by atoms with Crippen LogP contribution >= 0.6 is 11.8 Å². The summed E-state index contributed by atoms with van der Waals surface area (Å²) in [6, 6.07) is 0.363. The van der Waals surface area contributed by atoms with Gasteiger partial charge in [-0.15, -0.1) is 0 Å². The molecule has 2 N–H and O–H groups in total. The average molecular weight is 285 g/mol. The highest BCUT2D eigenvalue weighted by molar-refractivity contribution is 7.99. The maximum Gasteiger partial charge on any atom is 0.0685 e. The van der Waals surface area contributed by atoms with Crippen LogP contribution in [0.15, 0.2) is 0 Å². The van der Waals surface area contributed by atoms with Crippen LogP contribution in [0.1, 0.15) is 65.2 Å². The van der Waals surface area contributed by atoms with Crippen molar-refractivity contribution in [2.75, 3.05) is 12.4 Å². The third-order valence-corrected chi connectivity index (χ3v) is 6.53. The van der Waals surface area contributed by atoms with Gasteiger partial charge in [-0.3, -0.25) is 0 Å². The van der Waals surface area contributed by atoms with Gasteiger partial charge < -0.3 is 10.5 Å². The first-order valence-corrected chi connectivity index (χ1v) is 9.21. The van der Waals surface area contributed by atoms with Gasteiger partial charge in [0.05, 0.1) is 5.60 Å². The Kier molecular flexibility index (Phi) is 6.04. The molecule has 1 saturated carbocycles. The summed E-state index contributed by atoms with van der Waals surface area (Å²) in [5.41, 5.74) is 6.67. The van der Waals surface area contributed by atoms with E-state index >= 15 is 0 Å². The average Bonchev–Trinajstić information content (AvgIpc) is 2.45. The van der Waals surface area contributed by atoms with Crippen molar-refractivity contribution in [1.29, 1.82) is 0 Å². The zero-order valence-electron chi connectivity index (χ0n) is 12.7. The van der Waals surface area contributed by atoms with Crippen LogP contribution in [0.2, 0.25) is 0 Å². The summed E-state index contributed by atoms with van der Waals surface area (Å²) in [6.45, 7) is 5.50. The molecule has 112 valence electrons. The lowest BCUT2D eigenvalue weighted by atomic mass is 9.74. The molecule has 0 bridgehead atoms. The van der Waals surface area contributed by atoms with Crippen molar-refractivity contribution >= 4 is 11.8 Å². The Morgan fingerprint density at radius 2 is 2.05 bits per heavy atom. The van der Waals surface area contributed by atoms with E-state index in [4.69, 9.17) is 10.5 Å². The van der Waals surface area contributed by atoms with E-state index in [1.807, 2.05) is 11.8 Å². The van der Waals surface area contributed by atoms with Crippen molar-refractivity contribution in [3.05, 3.63) is 0 Å². The van der Waals surface area contributed by atoms with Gasteiger partial charge in [0, 0.05) is 23.7 Å². The van der Waals surface area contributed by atoms with E-state index in [9.17, 15) is 0 Å². The predicted octanol–water partition coefficient (Wildman–Crippen LogP) is 3.97. The molecule has 1 aliphatic carbocycles. The lowest BCUT2D eigenvalue weighted by Crippen LogP contribution is -2.47. The summed E-state index contributed by atoms with van der Waals surface area (Å²) < 4.78 is 6.17. The molecule has 2 fully saturated rings. The lowest BCUT2D eigenvalue weighted by molar-refractivity contribution is -0.119. The molecule has 1 spiro atoms. The van der Waals surface area contributed by atoms with Crippen LogP contribution in [0, 0.1) is 5.92 Å². The summed E-state index contributed by atoms with van der Waals surface area (Å²) in [7, 11) is 0. The monoisotopic (exact) mass is 285 g/mol. The molecule has 0 radical (unpaired) electrons. The molecular weight excluding hydrogens is 254 g/mol. The van der Waals surface area contributed by atoms with Gasteiger partial charge in [0.1, 0.15) is 0 Å². The molecule has 1 aliphatic heterocycles. The minimum atomic E-state index is 0.208. The number of thioether (sulfide) groups is 1. The molecule has 0 aromatic rings. The molecule has 19 heavy (non-hydrogen) atoms. The van der Waals surface area contributed by atoms with Gasteiger partial charge in [-0.25, -0.2) is 0 Å². The van der Waals surface area contributed by atoms with Gasteiger partial charge in [-0.1, -0.05) is 33.1 Å². The van der Waals surface area contributed by atoms with Crippen molar-refractivity contribution in [2.24, 2.45) is 11.7 Å². The SMILES string of the molecule is CCC(C)SCC(N)C1CCOC2(CCCCC2)C1. The first-order valence-electron chi connectivity index (χ1n) is 8.16. The summed E-state index contributed by atoms with van der Waals surface area (Å²) in [5.74, 6) is 1.80. The fourth-order valence-electron chi connectivity index (χ4n) is 3.50. The number of hydrogen-bond acceptors (Lipinski definition) is 3. The van der Waals surface area contributed by atoms with E-state index in [-0.39, 0.29) is 5.60 Å². The standard InChI is InChI=1S/C16H31NOS/c1-3-13(2)19-12-15(17)14-7-10-18-16(11-14)8-5-4-6-9-16/h13-15H,3-12,17H2,1-2H3. The summed E-state index contributed by atoms with van der Waals surface area (Å²) in [4.78, 5) is 0. The van der Waals surface area contributed by atoms with Crippen molar-refractivity contribution in [2.45, 2.75) is 82.1 Å². The number of hydrogen-bond donors (Lipinski definition) is 1. The minimum Gasteiger partial charge on any atom is -0.375 e. The summed E-state index contributed by atoms with van der Waals surface area (Å²) in [5, 5.41) is 0.745. The van der Waals surface area contributed by atoms with Gasteiger partial charge in [0.2, 0.25) is 0 Å². The van der Waals surface area contributed by atoms with Gasteiger partial charge >= 0.3 is 0 Å². The largest absolute Gasteiger partial charge is 0.375 e. The number of rotatable bonds is 5. The van der Waals surface area contributed by atoms with Crippen LogP contribution in [0.5, 0.6) is 0 Å². The Balaban J connectivity index is 1.82. The highest BCUT2D eigenvalue weighted by Gasteiger charge is 2.39. The maximum atomic E-state index is 6.47. The molecule has 0 amide bonds. The second-order valence-electron chi connectivity index (χ2n) is 6.56. The van der Waals surface area contributed by atoms with E-state index in [0.29, 0.717) is 12.0 Å². The fraction of sp³-hybridized carbons (Fsp3) is 1.00. The van der Waals surface area contributed by atoms with E-state index < -0.39 is 0 Å². The Bertz CT molecular complexity index is 260. The normalized spacial score (nSPS) is 30.2. The molecule has 2 aliphatic rings. The van der Waals surface area contributed by atoms with E-state index in [1.54, 1.807) is 0 Å². The summed E-state index contributed by atoms with van der Waals surface area (Å²) in [6.07, 6.45) is 10.3. The Labute approximate surface area is 123 Å². The molecule has 2 nitrogen and oxygen atoms in total. The Hall–Kier alpha value is 0.270. The van der Waals surface area contributed by atoms with Gasteiger partial charge in [-0.05, 0) is 38.0 Å². The molecule has 1 heterocycles. The molecule has 3 heteroatoms. The smallest absolute Gasteiger partial charge is 0.0685 e. The zero-order valence-corrected chi connectivity index (χ0v) is 13.5. The Morgan fingerprint density at radius 1 is 1.32 bits per heavy atom. The van der Waals surface area contributed by atoms with Crippen LogP contribution in [-0.2, 0) is 4.74 Å². The lowest BCUT2D eigenvalue weighted by Gasteiger charge is -2.45. The molecule has 3 unspecified atom stereocenters. The van der Waals surface area contributed by atoms with E-state index in [2.05, 4.69) is 13.8 Å². The second-order valence-corrected chi connectivity index (χ2v) is 8.03. The van der Waals surface area contributed by atoms with Gasteiger partial charge in [-0.2, -0.15) is 11.8 Å². The minimum absolute atomic E-state index is 0.208. The molecule has 1 saturated heterocycles. The topological polar surface area (TPSA) is 35.2 Å². The molecule has 0 aromatic heterocycles. The van der Waals surface area contributed by atoms with E-state index in [0.717, 1.165) is 17.6 Å². The van der Waals surface area contributed by atoms with E-state index in [1.165, 1.54) is 51.4 Å². The third kappa shape index (κ3) is 4.37. The predicted molar refractivity (Wildman–Crippen MR) is 84.7 cm³/mol. The van der Waals surface area contributed by atoms with Crippen LogP contribution in [0.4, 0.5) is 0 Å². The van der Waals surface area contributed by atoms with Crippen molar-refractivity contribution in [3.63, 3.8) is 0 Å². The van der Waals surface area contributed by atoms with Crippen molar-refractivity contribution in [3.8, 4) is 0 Å². The highest BCUT2D eigenvalue weighted by atomic mass is 32.2. The molecular formula is C16H31NOS. The summed E-state index contributed by atoms with van der Waals surface area (Å²) >= 11 is 2.05. The number of nitrogens with two attached hydrogens (primary N) is 1. The first kappa shape index (κ1) is 15.7. The fourth-order valence-corrected chi connectivity index (χ4v) is 4.56. The van der Waals surface area contributed by atoms with Crippen molar-refractivity contribution < 1.29 is 4.74 Å².